The van der Waals surface area contributed by atoms with Gasteiger partial charge >= 0.3 is 23.9 Å². The van der Waals surface area contributed by atoms with Crippen molar-refractivity contribution >= 4 is 42.6 Å². The molecule has 0 aromatic heterocycles. The van der Waals surface area contributed by atoms with Gasteiger partial charge in [0, 0.05) is 27.7 Å². The predicted octanol–water partition coefficient (Wildman–Crippen LogP) is 2.65. The summed E-state index contributed by atoms with van der Waals surface area (Å²) in [6, 6.07) is 19.8. The van der Waals surface area contributed by atoms with Crippen molar-refractivity contribution in [2.24, 2.45) is 0 Å². The quantitative estimate of drug-likeness (QED) is 0.246. The number of benzene rings is 2. The normalized spacial score (nSPS) is 22.8. The first-order chi connectivity index (χ1) is 19.3. The van der Waals surface area contributed by atoms with Gasteiger partial charge < -0.3 is 28.1 Å². The van der Waals surface area contributed by atoms with E-state index in [1.807, 2.05) is 60.7 Å². The average Bonchev–Trinajstić information content (AvgIpc) is 2.87. The third kappa shape index (κ3) is 7.60. The maximum Gasteiger partial charge on any atom is 0.305 e. The standard InChI is InChI=1S/C30H38O10Si/c1-19(31)36-26-25(40-29(39-22(4)34)28(38-21(3)33)27(26)37-20(2)32)18-35-41(30(5,6)7,23-14-10-8-11-15-23)24-16-12-9-13-17-24/h8-17,25-29H,18H2,1-7H3/t25?,26-,27-,28?,29+/m1/s1. The van der Waals surface area contributed by atoms with E-state index in [1.54, 1.807) is 0 Å². The summed E-state index contributed by atoms with van der Waals surface area (Å²) in [7, 11) is -3.08. The third-order valence-corrected chi connectivity index (χ3v) is 11.7. The number of esters is 4. The molecule has 11 heteroatoms. The summed E-state index contributed by atoms with van der Waals surface area (Å²) in [5.74, 6) is -2.86. The highest BCUT2D eigenvalue weighted by atomic mass is 28.4. The van der Waals surface area contributed by atoms with Crippen molar-refractivity contribution in [3.8, 4) is 0 Å². The molecule has 41 heavy (non-hydrogen) atoms. The number of rotatable bonds is 9. The minimum atomic E-state index is -3.08. The minimum absolute atomic E-state index is 0.131. The maximum absolute atomic E-state index is 12.2. The van der Waals surface area contributed by atoms with Crippen molar-refractivity contribution in [3.05, 3.63) is 60.7 Å². The summed E-state index contributed by atoms with van der Waals surface area (Å²) in [5.41, 5.74) is 0. The SMILES string of the molecule is CC(=O)OC1[C@@H](OC(C)=O)OC(CO[Si](c2ccccc2)(c2ccccc2)C(C)(C)C)[C@@H](OC(C)=O)[C@H]1OC(C)=O. The molecule has 0 bridgehead atoms. The lowest BCUT2D eigenvalue weighted by atomic mass is 9.98. The van der Waals surface area contributed by atoms with Gasteiger partial charge in [0.2, 0.25) is 12.4 Å². The van der Waals surface area contributed by atoms with Gasteiger partial charge in [-0.1, -0.05) is 81.4 Å². The molecule has 2 aromatic carbocycles. The topological polar surface area (TPSA) is 124 Å². The Morgan fingerprint density at radius 1 is 0.659 bits per heavy atom. The zero-order valence-electron chi connectivity index (χ0n) is 24.4. The first-order valence-electron chi connectivity index (χ1n) is 13.4. The van der Waals surface area contributed by atoms with Gasteiger partial charge in [-0.15, -0.1) is 0 Å². The van der Waals surface area contributed by atoms with Crippen LogP contribution in [0.25, 0.3) is 0 Å². The number of hydrogen-bond acceptors (Lipinski definition) is 10. The molecule has 1 heterocycles. The monoisotopic (exact) mass is 586 g/mol. The zero-order chi connectivity index (χ0) is 30.4. The van der Waals surface area contributed by atoms with Gasteiger partial charge in [-0.3, -0.25) is 19.2 Å². The molecule has 1 aliphatic rings. The van der Waals surface area contributed by atoms with Crippen LogP contribution in [0.15, 0.2) is 60.7 Å². The second kappa shape index (κ2) is 13.4. The molecular weight excluding hydrogens is 548 g/mol. The summed E-state index contributed by atoms with van der Waals surface area (Å²) in [6.45, 7) is 10.9. The van der Waals surface area contributed by atoms with Gasteiger partial charge in [-0.2, -0.15) is 0 Å². The highest BCUT2D eigenvalue weighted by molar-refractivity contribution is 6.99. The Morgan fingerprint density at radius 2 is 1.07 bits per heavy atom. The van der Waals surface area contributed by atoms with E-state index in [1.165, 1.54) is 20.8 Å². The molecule has 1 fully saturated rings. The Morgan fingerprint density at radius 3 is 1.49 bits per heavy atom. The van der Waals surface area contributed by atoms with Crippen LogP contribution < -0.4 is 10.4 Å². The molecule has 0 spiro atoms. The molecule has 1 aliphatic heterocycles. The zero-order valence-corrected chi connectivity index (χ0v) is 25.4. The number of ether oxygens (including phenoxy) is 5. The Hall–Kier alpha value is -3.54. The lowest BCUT2D eigenvalue weighted by molar-refractivity contribution is -0.298. The fraction of sp³-hybridized carbons (Fsp3) is 0.467. The van der Waals surface area contributed by atoms with Crippen LogP contribution in [-0.2, 0) is 47.3 Å². The highest BCUT2D eigenvalue weighted by Gasteiger charge is 2.56. The Bertz CT molecular complexity index is 1170. The smallest absolute Gasteiger partial charge is 0.305 e. The summed E-state index contributed by atoms with van der Waals surface area (Å²) < 4.78 is 35.0. The molecular formula is C30H38O10Si. The Labute approximate surface area is 241 Å². The second-order valence-electron chi connectivity index (χ2n) is 10.8. The fourth-order valence-corrected chi connectivity index (χ4v) is 9.79. The first-order valence-corrected chi connectivity index (χ1v) is 15.3. The van der Waals surface area contributed by atoms with Gasteiger partial charge in [0.25, 0.3) is 8.32 Å². The molecule has 0 aliphatic carbocycles. The molecule has 5 atom stereocenters. The van der Waals surface area contributed by atoms with Gasteiger partial charge in [0.1, 0.15) is 6.10 Å². The van der Waals surface area contributed by atoms with Crippen LogP contribution in [0.4, 0.5) is 0 Å². The van der Waals surface area contributed by atoms with Crippen molar-refractivity contribution in [2.75, 3.05) is 6.61 Å². The largest absolute Gasteiger partial charge is 0.456 e. The van der Waals surface area contributed by atoms with E-state index in [-0.39, 0.29) is 11.6 Å². The van der Waals surface area contributed by atoms with Crippen molar-refractivity contribution in [1.82, 2.24) is 0 Å². The lowest BCUT2D eigenvalue weighted by Crippen LogP contribution is -2.69. The van der Waals surface area contributed by atoms with Gasteiger partial charge in [0.05, 0.1) is 6.61 Å². The van der Waals surface area contributed by atoms with Crippen LogP contribution in [0.2, 0.25) is 5.04 Å². The third-order valence-electron chi connectivity index (χ3n) is 6.66. The number of carbonyl (C=O) groups is 4. The van der Waals surface area contributed by atoms with Gasteiger partial charge in [-0.25, -0.2) is 0 Å². The maximum atomic E-state index is 12.2. The van der Waals surface area contributed by atoms with Crippen LogP contribution in [0.3, 0.4) is 0 Å². The molecule has 0 radical (unpaired) electrons. The van der Waals surface area contributed by atoms with E-state index in [4.69, 9.17) is 28.1 Å². The van der Waals surface area contributed by atoms with E-state index in [0.29, 0.717) is 0 Å². The van der Waals surface area contributed by atoms with Gasteiger partial charge in [0.15, 0.2) is 12.2 Å². The van der Waals surface area contributed by atoms with Crippen molar-refractivity contribution in [2.45, 2.75) is 84.2 Å². The first kappa shape index (κ1) is 32.0. The molecule has 0 N–H and O–H groups in total. The van der Waals surface area contributed by atoms with Gasteiger partial charge in [-0.05, 0) is 15.4 Å². The van der Waals surface area contributed by atoms with Crippen LogP contribution in [0.5, 0.6) is 0 Å². The van der Waals surface area contributed by atoms with Crippen LogP contribution in [-0.4, -0.2) is 69.5 Å². The predicted molar refractivity (Wildman–Crippen MR) is 151 cm³/mol. The molecule has 0 saturated carbocycles. The van der Waals surface area contributed by atoms with E-state index in [9.17, 15) is 19.2 Å². The average molecular weight is 587 g/mol. The summed E-state index contributed by atoms with van der Waals surface area (Å²) in [4.78, 5) is 48.4. The number of hydrogen-bond donors (Lipinski definition) is 0. The summed E-state index contributed by atoms with van der Waals surface area (Å²) >= 11 is 0. The number of carbonyl (C=O) groups excluding carboxylic acids is 4. The highest BCUT2D eigenvalue weighted by Crippen LogP contribution is 2.38. The van der Waals surface area contributed by atoms with Crippen molar-refractivity contribution in [3.63, 3.8) is 0 Å². The van der Waals surface area contributed by atoms with Crippen LogP contribution in [0.1, 0.15) is 48.5 Å². The Balaban J connectivity index is 2.13. The lowest BCUT2D eigenvalue weighted by Gasteiger charge is -2.47. The molecule has 1 saturated heterocycles. The van der Waals surface area contributed by atoms with Crippen molar-refractivity contribution in [1.29, 1.82) is 0 Å². The van der Waals surface area contributed by atoms with E-state index in [0.717, 1.165) is 17.3 Å². The molecule has 3 rings (SSSR count). The van der Waals surface area contributed by atoms with E-state index in [2.05, 4.69) is 20.8 Å². The van der Waals surface area contributed by atoms with E-state index < -0.39 is 62.9 Å². The van der Waals surface area contributed by atoms with Crippen molar-refractivity contribution < 1.29 is 47.3 Å². The fourth-order valence-electron chi connectivity index (χ4n) is 5.22. The van der Waals surface area contributed by atoms with E-state index >= 15 is 0 Å². The molecule has 0 amide bonds. The molecule has 10 nitrogen and oxygen atoms in total. The van der Waals surface area contributed by atoms with Crippen LogP contribution >= 0.6 is 0 Å². The summed E-state index contributed by atoms with van der Waals surface area (Å²) in [5, 5.41) is 1.63. The van der Waals surface area contributed by atoms with Crippen LogP contribution in [0, 0.1) is 0 Å². The molecule has 2 aromatic rings. The molecule has 222 valence electrons. The minimum Gasteiger partial charge on any atom is -0.456 e. The molecule has 2 unspecified atom stereocenters. The Kier molecular flexibility index (Phi) is 10.5. The second-order valence-corrected chi connectivity index (χ2v) is 15.2. The summed E-state index contributed by atoms with van der Waals surface area (Å²) in [6.07, 6.45) is -6.51.